The van der Waals surface area contributed by atoms with Gasteiger partial charge in [-0.15, -0.1) is 0 Å². The molecule has 2 aromatic heterocycles. The summed E-state index contributed by atoms with van der Waals surface area (Å²) < 4.78 is 2.84. The van der Waals surface area contributed by atoms with E-state index in [-0.39, 0.29) is 0 Å². The summed E-state index contributed by atoms with van der Waals surface area (Å²) in [5.41, 5.74) is 0.904. The molecule has 2 heterocycles. The van der Waals surface area contributed by atoms with Crippen LogP contribution in [0.2, 0.25) is 0 Å². The van der Waals surface area contributed by atoms with Gasteiger partial charge in [0.25, 0.3) is 0 Å². The van der Waals surface area contributed by atoms with E-state index in [9.17, 15) is 0 Å². The highest BCUT2D eigenvalue weighted by molar-refractivity contribution is 9.10. The van der Waals surface area contributed by atoms with E-state index in [4.69, 9.17) is 0 Å². The van der Waals surface area contributed by atoms with E-state index in [2.05, 4.69) is 30.9 Å². The predicted molar refractivity (Wildman–Crippen MR) is 64.4 cm³/mol. The smallest absolute Gasteiger partial charge is 0.149 e. The van der Waals surface area contributed by atoms with E-state index in [0.717, 1.165) is 21.2 Å². The molecule has 0 aliphatic carbocycles. The monoisotopic (exact) mass is 274 g/mol. The average Bonchev–Trinajstić information content (AvgIpc) is 2.82. The van der Waals surface area contributed by atoms with Crippen LogP contribution in [-0.4, -0.2) is 19.5 Å². The molecule has 3 aromatic rings. The second-order valence-corrected chi connectivity index (χ2v) is 4.16. The molecule has 0 unspecified atom stereocenters. The molecule has 3 rings (SSSR count). The zero-order valence-electron chi connectivity index (χ0n) is 8.21. The van der Waals surface area contributed by atoms with Gasteiger partial charge in [0.15, 0.2) is 0 Å². The molecule has 4 nitrogen and oxygen atoms in total. The summed E-state index contributed by atoms with van der Waals surface area (Å²) >= 11 is 3.48. The van der Waals surface area contributed by atoms with Crippen molar-refractivity contribution in [1.82, 2.24) is 19.5 Å². The highest BCUT2D eigenvalue weighted by Gasteiger charge is 2.06. The molecule has 0 radical (unpaired) electrons. The first-order chi connectivity index (χ1) is 7.86. The largest absolute Gasteiger partial charge is 0.290 e. The Morgan fingerprint density at radius 2 is 2.12 bits per heavy atom. The van der Waals surface area contributed by atoms with Gasteiger partial charge in [0, 0.05) is 22.3 Å². The third-order valence-corrected chi connectivity index (χ3v) is 2.98. The standard InChI is InChI=1S/C11H7BrN4/c12-9-3-1-2-8-10(9)14-6-15-11(8)16-5-4-13-7-16/h1-7H. The third-order valence-electron chi connectivity index (χ3n) is 2.34. The van der Waals surface area contributed by atoms with Crippen molar-refractivity contribution in [2.45, 2.75) is 0 Å². The van der Waals surface area contributed by atoms with Gasteiger partial charge in [-0.05, 0) is 28.1 Å². The highest BCUT2D eigenvalue weighted by Crippen LogP contribution is 2.24. The molecule has 0 saturated heterocycles. The van der Waals surface area contributed by atoms with Crippen molar-refractivity contribution >= 4 is 26.8 Å². The van der Waals surface area contributed by atoms with Crippen molar-refractivity contribution in [3.8, 4) is 5.82 Å². The second kappa shape index (κ2) is 3.68. The summed E-state index contributed by atoms with van der Waals surface area (Å²) in [5.74, 6) is 0.837. The number of nitrogens with zero attached hydrogens (tertiary/aromatic N) is 4. The van der Waals surface area contributed by atoms with Gasteiger partial charge in [0.05, 0.1) is 5.52 Å². The predicted octanol–water partition coefficient (Wildman–Crippen LogP) is 2.58. The van der Waals surface area contributed by atoms with E-state index in [1.165, 1.54) is 0 Å². The number of imidazole rings is 1. The number of aromatic nitrogens is 4. The first-order valence-corrected chi connectivity index (χ1v) is 5.53. The van der Waals surface area contributed by atoms with Gasteiger partial charge in [-0.2, -0.15) is 0 Å². The average molecular weight is 275 g/mol. The molecule has 0 amide bonds. The number of benzene rings is 1. The third kappa shape index (κ3) is 1.40. The van der Waals surface area contributed by atoms with Crippen molar-refractivity contribution in [3.63, 3.8) is 0 Å². The Bertz CT molecular complexity index is 634. The van der Waals surface area contributed by atoms with Gasteiger partial charge < -0.3 is 0 Å². The van der Waals surface area contributed by atoms with Gasteiger partial charge in [-0.1, -0.05) is 6.07 Å². The first-order valence-electron chi connectivity index (χ1n) is 4.74. The maximum Gasteiger partial charge on any atom is 0.149 e. The van der Waals surface area contributed by atoms with Crippen molar-refractivity contribution < 1.29 is 0 Å². The fourth-order valence-corrected chi connectivity index (χ4v) is 2.10. The number of halogens is 1. The highest BCUT2D eigenvalue weighted by atomic mass is 79.9. The Balaban J connectivity index is 2.38. The van der Waals surface area contributed by atoms with Crippen molar-refractivity contribution in [2.75, 3.05) is 0 Å². The van der Waals surface area contributed by atoms with Crippen molar-refractivity contribution in [2.24, 2.45) is 0 Å². The Morgan fingerprint density at radius 3 is 2.94 bits per heavy atom. The summed E-state index contributed by atoms with van der Waals surface area (Å²) in [7, 11) is 0. The van der Waals surface area contributed by atoms with Gasteiger partial charge in [-0.25, -0.2) is 15.0 Å². The molecule has 0 fully saturated rings. The Morgan fingerprint density at radius 1 is 1.19 bits per heavy atom. The number of hydrogen-bond acceptors (Lipinski definition) is 3. The molecule has 0 atom stereocenters. The molecule has 0 aliphatic rings. The molecule has 0 aliphatic heterocycles. The normalized spacial score (nSPS) is 10.8. The quantitative estimate of drug-likeness (QED) is 0.685. The SMILES string of the molecule is Brc1cccc2c(-n3ccnc3)ncnc12. The number of para-hydroxylation sites is 1. The summed E-state index contributed by atoms with van der Waals surface area (Å²) in [4.78, 5) is 12.6. The Kier molecular flexibility index (Phi) is 2.18. The van der Waals surface area contributed by atoms with Crippen LogP contribution in [0.4, 0.5) is 0 Å². The van der Waals surface area contributed by atoms with E-state index in [1.54, 1.807) is 18.9 Å². The maximum absolute atomic E-state index is 4.28. The van der Waals surface area contributed by atoms with Crippen LogP contribution < -0.4 is 0 Å². The fourth-order valence-electron chi connectivity index (χ4n) is 1.63. The fraction of sp³-hybridized carbons (Fsp3) is 0. The van der Waals surface area contributed by atoms with Crippen LogP contribution in [-0.2, 0) is 0 Å². The molecule has 0 bridgehead atoms. The molecule has 0 N–H and O–H groups in total. The van der Waals surface area contributed by atoms with Crippen LogP contribution in [0.15, 0.2) is 47.7 Å². The van der Waals surface area contributed by atoms with E-state index in [1.807, 2.05) is 29.0 Å². The van der Waals surface area contributed by atoms with Gasteiger partial charge in [0.1, 0.15) is 18.5 Å². The van der Waals surface area contributed by atoms with Crippen LogP contribution in [0.25, 0.3) is 16.7 Å². The molecule has 78 valence electrons. The molecule has 5 heteroatoms. The van der Waals surface area contributed by atoms with Crippen molar-refractivity contribution in [1.29, 1.82) is 0 Å². The summed E-state index contributed by atoms with van der Waals surface area (Å²) in [5, 5.41) is 0.995. The minimum atomic E-state index is 0.837. The van der Waals surface area contributed by atoms with E-state index in [0.29, 0.717) is 0 Å². The van der Waals surface area contributed by atoms with Crippen molar-refractivity contribution in [3.05, 3.63) is 47.7 Å². The van der Waals surface area contributed by atoms with Crippen LogP contribution in [0.5, 0.6) is 0 Å². The van der Waals surface area contributed by atoms with Crippen LogP contribution in [0.1, 0.15) is 0 Å². The lowest BCUT2D eigenvalue weighted by Crippen LogP contribution is -1.97. The van der Waals surface area contributed by atoms with E-state index < -0.39 is 0 Å². The van der Waals surface area contributed by atoms with Gasteiger partial charge >= 0.3 is 0 Å². The lowest BCUT2D eigenvalue weighted by atomic mass is 10.2. The van der Waals surface area contributed by atoms with E-state index >= 15 is 0 Å². The molecule has 16 heavy (non-hydrogen) atoms. The number of rotatable bonds is 1. The summed E-state index contributed by atoms with van der Waals surface area (Å²) in [6, 6.07) is 5.93. The minimum Gasteiger partial charge on any atom is -0.290 e. The minimum absolute atomic E-state index is 0.837. The topological polar surface area (TPSA) is 43.6 Å². The summed E-state index contributed by atoms with van der Waals surface area (Å²) in [6.45, 7) is 0. The number of hydrogen-bond donors (Lipinski definition) is 0. The second-order valence-electron chi connectivity index (χ2n) is 3.30. The lowest BCUT2D eigenvalue weighted by molar-refractivity contribution is 0.992. The lowest BCUT2D eigenvalue weighted by Gasteiger charge is -2.05. The molecule has 0 saturated carbocycles. The van der Waals surface area contributed by atoms with Gasteiger partial charge in [-0.3, -0.25) is 4.57 Å². The van der Waals surface area contributed by atoms with Crippen LogP contribution >= 0.6 is 15.9 Å². The number of fused-ring (bicyclic) bond motifs is 1. The first kappa shape index (κ1) is 9.47. The van der Waals surface area contributed by atoms with Crippen LogP contribution in [0, 0.1) is 0 Å². The van der Waals surface area contributed by atoms with Crippen LogP contribution in [0.3, 0.4) is 0 Å². The summed E-state index contributed by atoms with van der Waals surface area (Å²) in [6.07, 6.45) is 6.87. The Labute approximate surface area is 100 Å². The maximum atomic E-state index is 4.28. The Hall–Kier alpha value is -1.75. The molecular weight excluding hydrogens is 268 g/mol. The molecular formula is C11H7BrN4. The van der Waals surface area contributed by atoms with Gasteiger partial charge in [0.2, 0.25) is 0 Å². The zero-order chi connectivity index (χ0) is 11.0. The zero-order valence-corrected chi connectivity index (χ0v) is 9.79. The molecule has 1 aromatic carbocycles. The molecule has 0 spiro atoms.